The summed E-state index contributed by atoms with van der Waals surface area (Å²) in [7, 11) is 1.64. The second-order valence-electron chi connectivity index (χ2n) is 4.34. The van der Waals surface area contributed by atoms with Crippen LogP contribution in [0.1, 0.15) is 5.56 Å². The van der Waals surface area contributed by atoms with Crippen LogP contribution in [0.5, 0.6) is 5.75 Å². The molecule has 0 aliphatic heterocycles. The maximum absolute atomic E-state index is 12.4. The quantitative estimate of drug-likeness (QED) is 0.715. The van der Waals surface area contributed by atoms with Crippen LogP contribution in [0.2, 0.25) is 0 Å². The normalized spacial score (nSPS) is 10.8. The first-order chi connectivity index (χ1) is 9.20. The molecular weight excluding hydrogens is 258 g/mol. The Hall–Kier alpha value is -2.07. The third-order valence-electron chi connectivity index (χ3n) is 3.11. The highest BCUT2D eigenvalue weighted by Crippen LogP contribution is 2.24. The Morgan fingerprint density at radius 3 is 2.63 bits per heavy atom. The molecule has 0 saturated heterocycles. The lowest BCUT2D eigenvalue weighted by atomic mass is 10.2. The molecule has 0 fully saturated rings. The number of benzene rings is 2. The number of methoxy groups -OCH3 is 1. The number of aryl methyl sites for hydroxylation is 1. The number of aromatic nitrogens is 1. The van der Waals surface area contributed by atoms with Crippen molar-refractivity contribution in [3.05, 3.63) is 58.4 Å². The molecule has 3 aromatic rings. The molecule has 0 aliphatic rings. The van der Waals surface area contributed by atoms with Gasteiger partial charge in [-0.05, 0) is 42.8 Å². The standard InChI is InChI=1S/C15H13NO2S/c1-10-9-11(18-2)7-8-13(10)16-15(17)12-5-3-4-6-14(12)19-16/h3-9H,1-2H3. The molecule has 0 saturated carbocycles. The van der Waals surface area contributed by atoms with E-state index in [4.69, 9.17) is 4.74 Å². The summed E-state index contributed by atoms with van der Waals surface area (Å²) in [5.74, 6) is 0.801. The van der Waals surface area contributed by atoms with Crippen molar-refractivity contribution in [3.63, 3.8) is 0 Å². The van der Waals surface area contributed by atoms with E-state index in [1.165, 1.54) is 11.5 Å². The zero-order chi connectivity index (χ0) is 13.4. The van der Waals surface area contributed by atoms with Gasteiger partial charge in [0.15, 0.2) is 0 Å². The van der Waals surface area contributed by atoms with Crippen molar-refractivity contribution in [1.82, 2.24) is 3.96 Å². The molecule has 3 rings (SSSR count). The lowest BCUT2D eigenvalue weighted by Crippen LogP contribution is -2.11. The molecule has 0 amide bonds. The summed E-state index contributed by atoms with van der Waals surface area (Å²) in [4.78, 5) is 12.4. The van der Waals surface area contributed by atoms with Crippen molar-refractivity contribution in [3.8, 4) is 11.4 Å². The summed E-state index contributed by atoms with van der Waals surface area (Å²) in [6.45, 7) is 1.98. The fourth-order valence-corrected chi connectivity index (χ4v) is 3.19. The maximum atomic E-state index is 12.4. The van der Waals surface area contributed by atoms with Crippen LogP contribution in [-0.2, 0) is 0 Å². The number of fused-ring (bicyclic) bond motifs is 1. The summed E-state index contributed by atoms with van der Waals surface area (Å²) in [5, 5.41) is 0.766. The molecule has 0 atom stereocenters. The lowest BCUT2D eigenvalue weighted by Gasteiger charge is -2.07. The van der Waals surface area contributed by atoms with Crippen LogP contribution < -0.4 is 10.3 Å². The molecule has 2 aromatic carbocycles. The van der Waals surface area contributed by atoms with Gasteiger partial charge in [0.1, 0.15) is 5.75 Å². The topological polar surface area (TPSA) is 31.2 Å². The second-order valence-corrected chi connectivity index (χ2v) is 5.33. The molecule has 0 radical (unpaired) electrons. The van der Waals surface area contributed by atoms with E-state index < -0.39 is 0 Å². The van der Waals surface area contributed by atoms with Crippen molar-refractivity contribution in [2.24, 2.45) is 0 Å². The van der Waals surface area contributed by atoms with Gasteiger partial charge in [-0.1, -0.05) is 23.7 Å². The van der Waals surface area contributed by atoms with Gasteiger partial charge >= 0.3 is 0 Å². The zero-order valence-electron chi connectivity index (χ0n) is 10.7. The second kappa shape index (κ2) is 4.55. The van der Waals surface area contributed by atoms with Crippen molar-refractivity contribution < 1.29 is 4.74 Å². The highest BCUT2D eigenvalue weighted by Gasteiger charge is 2.10. The Kier molecular flexibility index (Phi) is 2.87. The van der Waals surface area contributed by atoms with Gasteiger partial charge in [-0.2, -0.15) is 0 Å². The molecule has 4 heteroatoms. The first kappa shape index (κ1) is 12.0. The van der Waals surface area contributed by atoms with Crippen molar-refractivity contribution in [2.75, 3.05) is 7.11 Å². The molecule has 1 aromatic heterocycles. The third-order valence-corrected chi connectivity index (χ3v) is 4.21. The Labute approximate surface area is 114 Å². The largest absolute Gasteiger partial charge is 0.497 e. The summed E-state index contributed by atoms with van der Waals surface area (Å²) in [6, 6.07) is 13.4. The minimum atomic E-state index is 0.0360. The van der Waals surface area contributed by atoms with E-state index in [0.29, 0.717) is 0 Å². The van der Waals surface area contributed by atoms with Gasteiger partial charge in [0.2, 0.25) is 0 Å². The van der Waals surface area contributed by atoms with E-state index in [-0.39, 0.29) is 5.56 Å². The van der Waals surface area contributed by atoms with Gasteiger partial charge in [0, 0.05) is 0 Å². The molecule has 3 nitrogen and oxygen atoms in total. The van der Waals surface area contributed by atoms with Crippen molar-refractivity contribution >= 4 is 21.6 Å². The molecule has 0 aliphatic carbocycles. The van der Waals surface area contributed by atoms with Crippen LogP contribution >= 0.6 is 11.5 Å². The number of rotatable bonds is 2. The van der Waals surface area contributed by atoms with Crippen LogP contribution in [0.15, 0.2) is 47.3 Å². The highest BCUT2D eigenvalue weighted by molar-refractivity contribution is 7.14. The van der Waals surface area contributed by atoms with Gasteiger partial charge in [-0.3, -0.25) is 4.79 Å². The predicted octanol–water partition coefficient (Wildman–Crippen LogP) is 3.37. The van der Waals surface area contributed by atoms with E-state index in [9.17, 15) is 4.79 Å². The predicted molar refractivity (Wildman–Crippen MR) is 78.7 cm³/mol. The molecule has 0 spiro atoms. The molecular formula is C15H13NO2S. The van der Waals surface area contributed by atoms with Gasteiger partial charge in [-0.25, -0.2) is 3.96 Å². The Morgan fingerprint density at radius 2 is 1.95 bits per heavy atom. The van der Waals surface area contributed by atoms with Crippen LogP contribution in [0.4, 0.5) is 0 Å². The molecule has 0 bridgehead atoms. The molecule has 96 valence electrons. The molecule has 1 heterocycles. The minimum Gasteiger partial charge on any atom is -0.497 e. The minimum absolute atomic E-state index is 0.0360. The fraction of sp³-hybridized carbons (Fsp3) is 0.133. The number of hydrogen-bond acceptors (Lipinski definition) is 3. The first-order valence-corrected chi connectivity index (χ1v) is 6.74. The number of ether oxygens (including phenoxy) is 1. The van der Waals surface area contributed by atoms with Crippen molar-refractivity contribution in [1.29, 1.82) is 0 Å². The summed E-state index contributed by atoms with van der Waals surface area (Å²) in [5.41, 5.74) is 1.97. The smallest absolute Gasteiger partial charge is 0.273 e. The van der Waals surface area contributed by atoms with E-state index in [2.05, 4.69) is 0 Å². The first-order valence-electron chi connectivity index (χ1n) is 5.97. The Morgan fingerprint density at radius 1 is 1.16 bits per heavy atom. The van der Waals surface area contributed by atoms with E-state index in [1.807, 2.05) is 49.4 Å². The van der Waals surface area contributed by atoms with Crippen LogP contribution in [0.3, 0.4) is 0 Å². The Balaban J connectivity index is 2.25. The zero-order valence-corrected chi connectivity index (χ0v) is 11.5. The number of nitrogens with zero attached hydrogens (tertiary/aromatic N) is 1. The molecule has 0 N–H and O–H groups in total. The SMILES string of the molecule is COc1ccc(-n2sc3ccccc3c2=O)c(C)c1. The van der Waals surface area contributed by atoms with Crippen LogP contribution in [-0.4, -0.2) is 11.1 Å². The van der Waals surface area contributed by atoms with Gasteiger partial charge in [-0.15, -0.1) is 0 Å². The Bertz CT molecular complexity index is 801. The van der Waals surface area contributed by atoms with Gasteiger partial charge in [0.05, 0.1) is 22.9 Å². The van der Waals surface area contributed by atoms with Gasteiger partial charge < -0.3 is 4.74 Å². The van der Waals surface area contributed by atoms with Crippen LogP contribution in [0.25, 0.3) is 15.8 Å². The maximum Gasteiger partial charge on any atom is 0.273 e. The summed E-state index contributed by atoms with van der Waals surface area (Å²) in [6.07, 6.45) is 0. The average molecular weight is 271 g/mol. The van der Waals surface area contributed by atoms with E-state index >= 15 is 0 Å². The molecule has 19 heavy (non-hydrogen) atoms. The number of hydrogen-bond donors (Lipinski definition) is 0. The van der Waals surface area contributed by atoms with E-state index in [1.54, 1.807) is 11.1 Å². The van der Waals surface area contributed by atoms with Gasteiger partial charge in [0.25, 0.3) is 5.56 Å². The van der Waals surface area contributed by atoms with E-state index in [0.717, 1.165) is 27.1 Å². The summed E-state index contributed by atoms with van der Waals surface area (Å²) < 4.78 is 7.93. The lowest BCUT2D eigenvalue weighted by molar-refractivity contribution is 0.414. The van der Waals surface area contributed by atoms with Crippen molar-refractivity contribution in [2.45, 2.75) is 6.92 Å². The fourth-order valence-electron chi connectivity index (χ4n) is 2.11. The summed E-state index contributed by atoms with van der Waals surface area (Å²) >= 11 is 1.47. The van der Waals surface area contributed by atoms with Crippen LogP contribution in [0, 0.1) is 6.92 Å². The third kappa shape index (κ3) is 1.94. The highest BCUT2D eigenvalue weighted by atomic mass is 32.1. The molecule has 0 unspecified atom stereocenters. The monoisotopic (exact) mass is 271 g/mol. The average Bonchev–Trinajstić information content (AvgIpc) is 2.76.